The highest BCUT2D eigenvalue weighted by Gasteiger charge is 2.35. The number of hydrogen-bond donors (Lipinski definition) is 3. The number of allylic oxidation sites excluding steroid dienone is 1. The Morgan fingerprint density at radius 3 is 2.53 bits per heavy atom. The summed E-state index contributed by atoms with van der Waals surface area (Å²) < 4.78 is 35.2. The van der Waals surface area contributed by atoms with Crippen molar-refractivity contribution < 1.29 is 13.2 Å². The van der Waals surface area contributed by atoms with E-state index in [9.17, 15) is 8.42 Å². The van der Waals surface area contributed by atoms with Gasteiger partial charge in [0.05, 0.1) is 22.1 Å². The van der Waals surface area contributed by atoms with Crippen molar-refractivity contribution in [1.82, 2.24) is 4.57 Å². The van der Waals surface area contributed by atoms with Gasteiger partial charge in [-0.15, -0.1) is 0 Å². The molecule has 34 heavy (non-hydrogen) atoms. The minimum Gasteiger partial charge on any atom is -0.440 e. The Morgan fingerprint density at radius 1 is 1.15 bits per heavy atom. The fourth-order valence-corrected chi connectivity index (χ4v) is 5.43. The molecule has 2 aliphatic carbocycles. The third-order valence-electron chi connectivity index (χ3n) is 5.96. The van der Waals surface area contributed by atoms with Crippen LogP contribution in [0.3, 0.4) is 0 Å². The molecule has 2 aromatic carbocycles. The molecule has 2 saturated carbocycles. The molecule has 1 heterocycles. The molecule has 2 fully saturated rings. The van der Waals surface area contributed by atoms with E-state index in [0.717, 1.165) is 47.8 Å². The lowest BCUT2D eigenvalue weighted by molar-refractivity contribution is 0.425. The summed E-state index contributed by atoms with van der Waals surface area (Å²) in [5.74, 6) is 0.863. The number of benzene rings is 2. The predicted octanol–water partition coefficient (Wildman–Crippen LogP) is 4.52. The Morgan fingerprint density at radius 2 is 1.88 bits per heavy atom. The van der Waals surface area contributed by atoms with Crippen LogP contribution in [0.15, 0.2) is 72.2 Å². The van der Waals surface area contributed by atoms with Crippen molar-refractivity contribution in [3.63, 3.8) is 0 Å². The minimum absolute atomic E-state index is 0.249. The van der Waals surface area contributed by atoms with Gasteiger partial charge in [0, 0.05) is 35.0 Å². The van der Waals surface area contributed by atoms with E-state index in [4.69, 9.17) is 16.2 Å². The number of aromatic nitrogens is 1. The van der Waals surface area contributed by atoms with Gasteiger partial charge in [0.2, 0.25) is 15.9 Å². The van der Waals surface area contributed by atoms with Gasteiger partial charge in [-0.25, -0.2) is 13.4 Å². The van der Waals surface area contributed by atoms with Crippen molar-refractivity contribution in [3.8, 4) is 17.0 Å². The number of nitrogens with two attached hydrogens (primary N) is 2. The molecular weight excluding hydrogens is 450 g/mol. The van der Waals surface area contributed by atoms with E-state index in [2.05, 4.69) is 20.9 Å². The smallest absolute Gasteiger partial charge is 0.235 e. The van der Waals surface area contributed by atoms with E-state index in [1.165, 1.54) is 12.4 Å². The van der Waals surface area contributed by atoms with Crippen LogP contribution in [0.1, 0.15) is 31.7 Å². The molecule has 0 unspecified atom stereocenters. The molecule has 0 saturated heterocycles. The highest BCUT2D eigenvalue weighted by Crippen LogP contribution is 2.47. The summed E-state index contributed by atoms with van der Waals surface area (Å²) in [6.45, 7) is 3.82. The van der Waals surface area contributed by atoms with E-state index in [1.807, 2.05) is 30.3 Å². The maximum atomic E-state index is 12.3. The standard InChI is InChI=1S/C25H27N5O3S/c1-16(28-14-2-13-26)33-20-9-12-22-23(15-20)30(19-7-8-19)25(24(22)27)17-3-5-18(6-4-17)29-34(31,32)21-10-11-21/h2-6,9,12-15,19,21,29H,1,7-8,10-11,26-27H2/b13-2-,28-14-. The van der Waals surface area contributed by atoms with Crippen molar-refractivity contribution in [1.29, 1.82) is 0 Å². The van der Waals surface area contributed by atoms with Crippen LogP contribution in [0.5, 0.6) is 5.75 Å². The molecule has 0 atom stereocenters. The second kappa shape index (κ2) is 8.57. The van der Waals surface area contributed by atoms with Crippen LogP contribution in [0.25, 0.3) is 22.2 Å². The van der Waals surface area contributed by atoms with Crippen LogP contribution >= 0.6 is 0 Å². The third-order valence-corrected chi connectivity index (χ3v) is 7.83. The largest absolute Gasteiger partial charge is 0.440 e. The van der Waals surface area contributed by atoms with Gasteiger partial charge in [-0.3, -0.25) is 4.72 Å². The van der Waals surface area contributed by atoms with Crippen molar-refractivity contribution in [2.45, 2.75) is 37.0 Å². The Hall–Kier alpha value is -3.72. The molecule has 3 aromatic rings. The maximum absolute atomic E-state index is 12.3. The van der Waals surface area contributed by atoms with Crippen LogP contribution in [0.2, 0.25) is 0 Å². The average molecular weight is 478 g/mol. The van der Waals surface area contributed by atoms with E-state index >= 15 is 0 Å². The van der Waals surface area contributed by atoms with Gasteiger partial charge in [0.1, 0.15) is 5.75 Å². The van der Waals surface area contributed by atoms with Crippen molar-refractivity contribution in [2.24, 2.45) is 10.7 Å². The SMILES string of the molecule is C=C(/N=C\C=C/N)Oc1ccc2c(N)c(-c3ccc(NS(=O)(=O)C4CC4)cc3)n(C3CC3)c2c1. The lowest BCUT2D eigenvalue weighted by Gasteiger charge is -2.12. The number of anilines is 2. The van der Waals surface area contributed by atoms with Crippen LogP contribution in [0, 0.1) is 0 Å². The zero-order chi connectivity index (χ0) is 23.9. The first-order valence-electron chi connectivity index (χ1n) is 11.2. The third kappa shape index (κ3) is 4.38. The van der Waals surface area contributed by atoms with Crippen molar-refractivity contribution in [3.05, 3.63) is 67.2 Å². The van der Waals surface area contributed by atoms with Gasteiger partial charge in [-0.2, -0.15) is 0 Å². The topological polar surface area (TPSA) is 125 Å². The molecule has 0 amide bonds. The summed E-state index contributed by atoms with van der Waals surface area (Å²) >= 11 is 0. The average Bonchev–Trinajstić information content (AvgIpc) is 3.71. The zero-order valence-electron chi connectivity index (χ0n) is 18.6. The molecule has 0 spiro atoms. The number of aliphatic imine (C=N–C) groups is 1. The summed E-state index contributed by atoms with van der Waals surface area (Å²) in [5.41, 5.74) is 16.0. The summed E-state index contributed by atoms with van der Waals surface area (Å²) in [4.78, 5) is 4.09. The van der Waals surface area contributed by atoms with Gasteiger partial charge in [0.25, 0.3) is 0 Å². The highest BCUT2D eigenvalue weighted by atomic mass is 32.2. The number of nitrogens with one attached hydrogen (secondary N) is 1. The van der Waals surface area contributed by atoms with Crippen molar-refractivity contribution >= 4 is 38.5 Å². The van der Waals surface area contributed by atoms with E-state index in [1.54, 1.807) is 18.2 Å². The monoisotopic (exact) mass is 477 g/mol. The number of nitrogens with zero attached hydrogens (tertiary/aromatic N) is 2. The quantitative estimate of drug-likeness (QED) is 0.309. The predicted molar refractivity (Wildman–Crippen MR) is 137 cm³/mol. The first kappa shape index (κ1) is 22.1. The van der Waals surface area contributed by atoms with Gasteiger partial charge < -0.3 is 20.8 Å². The first-order valence-corrected chi connectivity index (χ1v) is 12.7. The van der Waals surface area contributed by atoms with E-state index < -0.39 is 10.0 Å². The Kier molecular flexibility index (Phi) is 5.57. The fraction of sp³-hybridized carbons (Fsp3) is 0.240. The zero-order valence-corrected chi connectivity index (χ0v) is 19.5. The molecule has 5 N–H and O–H groups in total. The summed E-state index contributed by atoms with van der Waals surface area (Å²) in [6, 6.07) is 13.5. The fourth-order valence-electron chi connectivity index (χ4n) is 4.05. The molecule has 1 aromatic heterocycles. The van der Waals surface area contributed by atoms with Crippen LogP contribution in [0.4, 0.5) is 11.4 Å². The molecule has 0 radical (unpaired) electrons. The van der Waals surface area contributed by atoms with Gasteiger partial charge in [-0.1, -0.05) is 12.1 Å². The number of rotatable bonds is 9. The van der Waals surface area contributed by atoms with Crippen LogP contribution < -0.4 is 20.9 Å². The van der Waals surface area contributed by atoms with Gasteiger partial charge >= 0.3 is 0 Å². The highest BCUT2D eigenvalue weighted by molar-refractivity contribution is 7.93. The first-order chi connectivity index (χ1) is 16.4. The summed E-state index contributed by atoms with van der Waals surface area (Å²) in [6.07, 6.45) is 8.07. The molecular formula is C25H27N5O3S. The number of nitrogen functional groups attached to an aromatic ring is 1. The van der Waals surface area contributed by atoms with Crippen molar-refractivity contribution in [2.75, 3.05) is 10.5 Å². The lowest BCUT2D eigenvalue weighted by Crippen LogP contribution is -2.17. The summed E-state index contributed by atoms with van der Waals surface area (Å²) in [5, 5.41) is 0.670. The minimum atomic E-state index is -3.30. The lowest BCUT2D eigenvalue weighted by atomic mass is 10.1. The molecule has 176 valence electrons. The molecule has 2 aliphatic rings. The Labute approximate surface area is 198 Å². The number of hydrogen-bond acceptors (Lipinski definition) is 6. The molecule has 0 aliphatic heterocycles. The molecule has 8 nitrogen and oxygen atoms in total. The number of sulfonamides is 1. The Balaban J connectivity index is 1.48. The van der Waals surface area contributed by atoms with Gasteiger partial charge in [0.15, 0.2) is 0 Å². The summed E-state index contributed by atoms with van der Waals surface area (Å²) in [7, 11) is -3.30. The molecule has 0 bridgehead atoms. The molecule has 9 heteroatoms. The number of fused-ring (bicyclic) bond motifs is 1. The maximum Gasteiger partial charge on any atom is 0.235 e. The second-order valence-electron chi connectivity index (χ2n) is 8.63. The van der Waals surface area contributed by atoms with E-state index in [0.29, 0.717) is 23.2 Å². The van der Waals surface area contributed by atoms with Gasteiger partial charge in [-0.05, 0) is 68.8 Å². The number of ether oxygens (including phenoxy) is 1. The van der Waals surface area contributed by atoms with Crippen LogP contribution in [-0.2, 0) is 10.0 Å². The Bertz CT molecular complexity index is 1410. The second-order valence-corrected chi connectivity index (χ2v) is 10.6. The van der Waals surface area contributed by atoms with Crippen LogP contribution in [-0.4, -0.2) is 24.4 Å². The normalized spacial score (nSPS) is 16.5. The molecule has 5 rings (SSSR count). The van der Waals surface area contributed by atoms with E-state index in [-0.39, 0.29) is 11.1 Å².